The first-order valence-corrected chi connectivity index (χ1v) is 4.27. The second-order valence-electron chi connectivity index (χ2n) is 2.64. The van der Waals surface area contributed by atoms with Crippen LogP contribution in [0.25, 0.3) is 0 Å². The summed E-state index contributed by atoms with van der Waals surface area (Å²) in [6, 6.07) is 0. The van der Waals surface area contributed by atoms with Crippen LogP contribution in [0.1, 0.15) is 10.5 Å². The van der Waals surface area contributed by atoms with Gasteiger partial charge in [-0.2, -0.15) is 0 Å². The Balaban J connectivity index is 2.53. The molecule has 1 amide bonds. The molecule has 0 spiro atoms. The summed E-state index contributed by atoms with van der Waals surface area (Å²) in [5, 5.41) is 18.3. The number of nitrogens with zero attached hydrogens (tertiary/aromatic N) is 3. The van der Waals surface area contributed by atoms with E-state index in [1.54, 1.807) is 0 Å². The molecule has 7 nitrogen and oxygen atoms in total. The van der Waals surface area contributed by atoms with Crippen LogP contribution in [0.2, 0.25) is 0 Å². The lowest BCUT2D eigenvalue weighted by Crippen LogP contribution is -2.26. The van der Waals surface area contributed by atoms with Gasteiger partial charge in [-0.05, 0) is 0 Å². The van der Waals surface area contributed by atoms with Crippen molar-refractivity contribution in [3.05, 3.63) is 11.9 Å². The summed E-state index contributed by atoms with van der Waals surface area (Å²) in [4.78, 5) is 11.3. The first-order valence-electron chi connectivity index (χ1n) is 4.27. The average Bonchev–Trinajstić information content (AvgIpc) is 2.63. The van der Waals surface area contributed by atoms with Gasteiger partial charge in [0.15, 0.2) is 5.69 Å². The number of nitrogens with two attached hydrogens (primary N) is 1. The van der Waals surface area contributed by atoms with E-state index < -0.39 is 0 Å². The van der Waals surface area contributed by atoms with E-state index >= 15 is 0 Å². The molecule has 0 aromatic carbocycles. The molecular formula is C7H13N5O2. The summed E-state index contributed by atoms with van der Waals surface area (Å²) in [6.45, 7) is 1.09. The number of hydrogen-bond acceptors (Lipinski definition) is 5. The molecule has 0 radical (unpaired) electrons. The van der Waals surface area contributed by atoms with E-state index in [0.29, 0.717) is 13.1 Å². The number of aliphatic hydroxyl groups is 1. The Morgan fingerprint density at radius 2 is 2.50 bits per heavy atom. The Morgan fingerprint density at radius 1 is 1.71 bits per heavy atom. The molecule has 0 saturated carbocycles. The number of aromatic nitrogens is 3. The molecule has 0 saturated heterocycles. The highest BCUT2D eigenvalue weighted by Gasteiger charge is 2.08. The fourth-order valence-electron chi connectivity index (χ4n) is 0.904. The number of hydrogen-bond donors (Lipinski definition) is 3. The van der Waals surface area contributed by atoms with Crippen LogP contribution in [-0.2, 0) is 6.54 Å². The predicted molar refractivity (Wildman–Crippen MR) is 48.5 cm³/mol. The molecular weight excluding hydrogens is 186 g/mol. The summed E-state index contributed by atoms with van der Waals surface area (Å²) in [5.41, 5.74) is 5.53. The molecule has 0 fully saturated rings. The topological polar surface area (TPSA) is 106 Å². The Morgan fingerprint density at radius 3 is 3.14 bits per heavy atom. The molecule has 4 N–H and O–H groups in total. The highest BCUT2D eigenvalue weighted by atomic mass is 16.3. The largest absolute Gasteiger partial charge is 0.395 e. The third-order valence-corrected chi connectivity index (χ3v) is 1.53. The molecule has 0 aliphatic carbocycles. The van der Waals surface area contributed by atoms with Crippen molar-refractivity contribution in [3.63, 3.8) is 0 Å². The Hall–Kier alpha value is -1.47. The molecule has 7 heteroatoms. The van der Waals surface area contributed by atoms with E-state index in [0.717, 1.165) is 0 Å². The van der Waals surface area contributed by atoms with Gasteiger partial charge < -0.3 is 16.2 Å². The van der Waals surface area contributed by atoms with Crippen molar-refractivity contribution in [3.8, 4) is 0 Å². The smallest absolute Gasteiger partial charge is 0.273 e. The number of amides is 1. The maximum absolute atomic E-state index is 11.3. The zero-order valence-electron chi connectivity index (χ0n) is 7.68. The zero-order valence-corrected chi connectivity index (χ0v) is 7.68. The quantitative estimate of drug-likeness (QED) is 0.506. The maximum Gasteiger partial charge on any atom is 0.273 e. The Kier molecular flexibility index (Phi) is 4.02. The highest BCUT2D eigenvalue weighted by molar-refractivity contribution is 5.91. The third kappa shape index (κ3) is 2.79. The predicted octanol–water partition coefficient (Wildman–Crippen LogP) is -2.04. The van der Waals surface area contributed by atoms with Crippen LogP contribution in [0.4, 0.5) is 0 Å². The summed E-state index contributed by atoms with van der Waals surface area (Å²) < 4.78 is 1.49. The van der Waals surface area contributed by atoms with Crippen LogP contribution < -0.4 is 11.1 Å². The summed E-state index contributed by atoms with van der Waals surface area (Å²) in [7, 11) is 0. The minimum Gasteiger partial charge on any atom is -0.395 e. The van der Waals surface area contributed by atoms with Crippen molar-refractivity contribution in [2.75, 3.05) is 19.7 Å². The van der Waals surface area contributed by atoms with E-state index in [4.69, 9.17) is 10.8 Å². The summed E-state index contributed by atoms with van der Waals surface area (Å²) in [6.07, 6.45) is 1.51. The average molecular weight is 199 g/mol. The summed E-state index contributed by atoms with van der Waals surface area (Å²) >= 11 is 0. The second kappa shape index (κ2) is 5.30. The van der Waals surface area contributed by atoms with Gasteiger partial charge in [0.25, 0.3) is 5.91 Å². The minimum absolute atomic E-state index is 0.0946. The van der Waals surface area contributed by atoms with E-state index in [1.165, 1.54) is 10.9 Å². The van der Waals surface area contributed by atoms with Crippen molar-refractivity contribution in [2.45, 2.75) is 6.54 Å². The molecule has 78 valence electrons. The van der Waals surface area contributed by atoms with Gasteiger partial charge in [0, 0.05) is 13.1 Å². The lowest BCUT2D eigenvalue weighted by molar-refractivity contribution is 0.0939. The van der Waals surface area contributed by atoms with Gasteiger partial charge in [0.2, 0.25) is 0 Å². The SMILES string of the molecule is NCCn1cc(C(=O)NCCO)nn1. The monoisotopic (exact) mass is 199 g/mol. The zero-order chi connectivity index (χ0) is 10.4. The van der Waals surface area contributed by atoms with Crippen LogP contribution in [-0.4, -0.2) is 45.7 Å². The molecule has 0 atom stereocenters. The standard InChI is InChI=1S/C7H13N5O2/c8-1-3-12-5-6(10-11-12)7(14)9-2-4-13/h5,13H,1-4,8H2,(H,9,14). The van der Waals surface area contributed by atoms with Crippen molar-refractivity contribution >= 4 is 5.91 Å². The van der Waals surface area contributed by atoms with Gasteiger partial charge in [-0.3, -0.25) is 9.48 Å². The molecule has 0 aliphatic heterocycles. The van der Waals surface area contributed by atoms with Gasteiger partial charge in [0.05, 0.1) is 19.3 Å². The second-order valence-corrected chi connectivity index (χ2v) is 2.64. The van der Waals surface area contributed by atoms with Gasteiger partial charge >= 0.3 is 0 Å². The molecule has 1 aromatic rings. The molecule has 0 unspecified atom stereocenters. The lowest BCUT2D eigenvalue weighted by Gasteiger charge is -1.97. The maximum atomic E-state index is 11.3. The van der Waals surface area contributed by atoms with E-state index in [9.17, 15) is 4.79 Å². The molecule has 0 bridgehead atoms. The Bertz CT molecular complexity index is 298. The number of aliphatic hydroxyl groups excluding tert-OH is 1. The van der Waals surface area contributed by atoms with Gasteiger partial charge in [-0.25, -0.2) is 0 Å². The van der Waals surface area contributed by atoms with E-state index in [-0.39, 0.29) is 24.8 Å². The minimum atomic E-state index is -0.345. The van der Waals surface area contributed by atoms with Gasteiger partial charge in [-0.15, -0.1) is 5.10 Å². The molecule has 0 aliphatic rings. The van der Waals surface area contributed by atoms with Crippen molar-refractivity contribution in [1.82, 2.24) is 20.3 Å². The van der Waals surface area contributed by atoms with Crippen molar-refractivity contribution in [2.24, 2.45) is 5.73 Å². The number of carbonyl (C=O) groups is 1. The highest BCUT2D eigenvalue weighted by Crippen LogP contribution is 1.91. The number of nitrogens with one attached hydrogen (secondary N) is 1. The fraction of sp³-hybridized carbons (Fsp3) is 0.571. The molecule has 1 rings (SSSR count). The molecule has 1 aromatic heterocycles. The van der Waals surface area contributed by atoms with Crippen molar-refractivity contribution in [1.29, 1.82) is 0 Å². The first kappa shape index (κ1) is 10.6. The fourth-order valence-corrected chi connectivity index (χ4v) is 0.904. The first-order chi connectivity index (χ1) is 6.77. The Labute approximate surface area is 80.9 Å². The van der Waals surface area contributed by atoms with Gasteiger partial charge in [-0.1, -0.05) is 5.21 Å². The normalized spacial score (nSPS) is 10.1. The molecule has 1 heterocycles. The van der Waals surface area contributed by atoms with Gasteiger partial charge in [0.1, 0.15) is 0 Å². The molecule has 14 heavy (non-hydrogen) atoms. The van der Waals surface area contributed by atoms with Crippen LogP contribution in [0, 0.1) is 0 Å². The van der Waals surface area contributed by atoms with E-state index in [1.807, 2.05) is 0 Å². The summed E-state index contributed by atoms with van der Waals surface area (Å²) in [5.74, 6) is -0.345. The number of rotatable bonds is 5. The third-order valence-electron chi connectivity index (χ3n) is 1.53. The van der Waals surface area contributed by atoms with Crippen molar-refractivity contribution < 1.29 is 9.90 Å². The van der Waals surface area contributed by atoms with Crippen LogP contribution in [0.15, 0.2) is 6.20 Å². The number of carbonyl (C=O) groups excluding carboxylic acids is 1. The van der Waals surface area contributed by atoms with Crippen LogP contribution >= 0.6 is 0 Å². The van der Waals surface area contributed by atoms with E-state index in [2.05, 4.69) is 15.6 Å². The van der Waals surface area contributed by atoms with Crippen LogP contribution in [0.3, 0.4) is 0 Å². The van der Waals surface area contributed by atoms with Crippen LogP contribution in [0.5, 0.6) is 0 Å². The lowest BCUT2D eigenvalue weighted by atomic mass is 10.4.